The molecule has 0 amide bonds. The monoisotopic (exact) mass is 570 g/mol. The van der Waals surface area contributed by atoms with Crippen molar-refractivity contribution in [2.75, 3.05) is 36.7 Å². The highest BCUT2D eigenvalue weighted by Crippen LogP contribution is 2.34. The van der Waals surface area contributed by atoms with Crippen LogP contribution >= 0.6 is 0 Å². The molecule has 0 N–H and O–H groups in total. The van der Waals surface area contributed by atoms with Crippen molar-refractivity contribution in [3.8, 4) is 17.6 Å². The van der Waals surface area contributed by atoms with E-state index in [-0.39, 0.29) is 36.3 Å². The summed E-state index contributed by atoms with van der Waals surface area (Å²) in [7, 11) is 1.39. The third-order valence-corrected chi connectivity index (χ3v) is 7.87. The van der Waals surface area contributed by atoms with E-state index >= 15 is 0 Å². The lowest BCUT2D eigenvalue weighted by Crippen LogP contribution is -2.38. The third-order valence-electron chi connectivity index (χ3n) is 7.87. The van der Waals surface area contributed by atoms with E-state index in [0.29, 0.717) is 36.7 Å². The van der Waals surface area contributed by atoms with Gasteiger partial charge in [0.25, 0.3) is 0 Å². The summed E-state index contributed by atoms with van der Waals surface area (Å²) >= 11 is 0. The number of rotatable bonds is 9. The summed E-state index contributed by atoms with van der Waals surface area (Å²) in [6.45, 7) is 5.86. The number of nitrogens with zero attached hydrogens (tertiary/aromatic N) is 4. The lowest BCUT2D eigenvalue weighted by atomic mass is 9.90. The Bertz CT molecular complexity index is 1460. The van der Waals surface area contributed by atoms with E-state index in [9.17, 15) is 9.18 Å². The zero-order valence-corrected chi connectivity index (χ0v) is 24.1. The summed E-state index contributed by atoms with van der Waals surface area (Å²) in [5.41, 5.74) is 3.74. The van der Waals surface area contributed by atoms with Gasteiger partial charge < -0.3 is 19.1 Å². The van der Waals surface area contributed by atoms with E-state index in [4.69, 9.17) is 24.6 Å². The molecule has 3 aromatic rings. The molecule has 0 saturated carbocycles. The molecule has 8 nitrogen and oxygen atoms in total. The van der Waals surface area contributed by atoms with Crippen molar-refractivity contribution in [2.45, 2.75) is 45.3 Å². The van der Waals surface area contributed by atoms with Gasteiger partial charge in [-0.3, -0.25) is 9.80 Å². The molecule has 0 aromatic heterocycles. The van der Waals surface area contributed by atoms with Gasteiger partial charge in [0.05, 0.1) is 54.9 Å². The van der Waals surface area contributed by atoms with E-state index < -0.39 is 0 Å². The molecule has 0 unspecified atom stereocenters. The van der Waals surface area contributed by atoms with Crippen LogP contribution in [0.1, 0.15) is 44.2 Å². The Morgan fingerprint density at radius 1 is 1.05 bits per heavy atom. The number of esters is 1. The number of carbonyl (C=O) groups is 1. The quantitative estimate of drug-likeness (QED) is 0.295. The van der Waals surface area contributed by atoms with Crippen molar-refractivity contribution in [1.82, 2.24) is 0 Å². The standard InChI is InChI=1S/C33H35FN4O4/c1-4-41-28-13-14-29(34)31(19-28)37-17-15-27(16-18-37)42-26-11-9-25(10-12-26)38-30(20-32(39)40-3)22(2)33(36-38)24-7-5-23(21-35)6-8-24/h5-14,19,22,27,30H,4,15-18,20H2,1-3H3/t22-,30-/m0/s1. The molecule has 5 rings (SSSR count). The Morgan fingerprint density at radius 2 is 1.74 bits per heavy atom. The molecular formula is C33H35FN4O4. The first kappa shape index (κ1) is 28.9. The number of hydrogen-bond donors (Lipinski definition) is 0. The van der Waals surface area contributed by atoms with Gasteiger partial charge in [0.15, 0.2) is 0 Å². The minimum atomic E-state index is -0.302. The number of halogens is 1. The molecule has 2 aliphatic rings. The van der Waals surface area contributed by atoms with E-state index in [1.165, 1.54) is 13.2 Å². The molecule has 2 aliphatic heterocycles. The highest BCUT2D eigenvalue weighted by Gasteiger charge is 2.37. The van der Waals surface area contributed by atoms with E-state index in [1.807, 2.05) is 60.2 Å². The molecule has 1 fully saturated rings. The topological polar surface area (TPSA) is 87.4 Å². The number of methoxy groups -OCH3 is 1. The fourth-order valence-corrected chi connectivity index (χ4v) is 5.55. The van der Waals surface area contributed by atoms with Crippen LogP contribution < -0.4 is 19.4 Å². The Morgan fingerprint density at radius 3 is 2.38 bits per heavy atom. The molecule has 1 saturated heterocycles. The van der Waals surface area contributed by atoms with Crippen LogP contribution in [-0.4, -0.2) is 50.6 Å². The first-order valence-electron chi connectivity index (χ1n) is 14.3. The zero-order chi connectivity index (χ0) is 29.6. The average Bonchev–Trinajstić information content (AvgIpc) is 3.34. The predicted octanol–water partition coefficient (Wildman–Crippen LogP) is 5.94. The van der Waals surface area contributed by atoms with E-state index in [1.54, 1.807) is 24.3 Å². The molecular weight excluding hydrogens is 535 g/mol. The highest BCUT2D eigenvalue weighted by atomic mass is 19.1. The number of ether oxygens (including phenoxy) is 3. The first-order valence-corrected chi connectivity index (χ1v) is 14.3. The molecule has 3 aromatic carbocycles. The Kier molecular flexibility index (Phi) is 8.91. The lowest BCUT2D eigenvalue weighted by molar-refractivity contribution is -0.141. The zero-order valence-electron chi connectivity index (χ0n) is 24.1. The Hall–Kier alpha value is -4.58. The van der Waals surface area contributed by atoms with Crippen LogP contribution in [0.2, 0.25) is 0 Å². The van der Waals surface area contributed by atoms with Crippen LogP contribution in [0.25, 0.3) is 0 Å². The summed E-state index contributed by atoms with van der Waals surface area (Å²) in [6.07, 6.45) is 1.74. The average molecular weight is 571 g/mol. The van der Waals surface area contributed by atoms with Gasteiger partial charge in [-0.15, -0.1) is 0 Å². The van der Waals surface area contributed by atoms with Crippen molar-refractivity contribution < 1.29 is 23.4 Å². The SMILES string of the molecule is CCOc1ccc(F)c(N2CCC(Oc3ccc(N4N=C(c5ccc(C#N)cc5)[C@@H](C)[C@@H]4CC(=O)OC)cc3)CC2)c1. The van der Waals surface area contributed by atoms with Gasteiger partial charge in [-0.05, 0) is 61.0 Å². The normalized spacial score (nSPS) is 18.8. The number of carbonyl (C=O) groups excluding carboxylic acids is 1. The third kappa shape index (κ3) is 6.33. The molecule has 0 spiro atoms. The van der Waals surface area contributed by atoms with Crippen LogP contribution in [0, 0.1) is 23.1 Å². The van der Waals surface area contributed by atoms with Gasteiger partial charge in [0.1, 0.15) is 23.4 Å². The van der Waals surface area contributed by atoms with Crippen molar-refractivity contribution in [3.63, 3.8) is 0 Å². The van der Waals surface area contributed by atoms with Gasteiger partial charge in [0.2, 0.25) is 0 Å². The number of nitriles is 1. The first-order chi connectivity index (χ1) is 20.4. The van der Waals surface area contributed by atoms with Gasteiger partial charge in [-0.2, -0.15) is 10.4 Å². The number of anilines is 2. The van der Waals surface area contributed by atoms with Crippen LogP contribution in [0.4, 0.5) is 15.8 Å². The van der Waals surface area contributed by atoms with Crippen molar-refractivity contribution in [2.24, 2.45) is 11.0 Å². The minimum Gasteiger partial charge on any atom is -0.494 e. The second-order valence-electron chi connectivity index (χ2n) is 10.5. The molecule has 9 heteroatoms. The van der Waals surface area contributed by atoms with Crippen molar-refractivity contribution in [3.05, 3.63) is 83.7 Å². The fraction of sp³-hybridized carbons (Fsp3) is 0.364. The Balaban J connectivity index is 1.26. The van der Waals surface area contributed by atoms with Crippen LogP contribution in [-0.2, 0) is 9.53 Å². The summed E-state index contributed by atoms with van der Waals surface area (Å²) < 4.78 is 31.3. The second-order valence-corrected chi connectivity index (χ2v) is 10.5. The maximum atomic E-state index is 14.5. The molecule has 42 heavy (non-hydrogen) atoms. The van der Waals surface area contributed by atoms with E-state index in [0.717, 1.165) is 35.6 Å². The smallest absolute Gasteiger partial charge is 0.307 e. The number of piperidine rings is 1. The summed E-state index contributed by atoms with van der Waals surface area (Å²) in [5, 5.41) is 15.9. The summed E-state index contributed by atoms with van der Waals surface area (Å²) in [5.74, 6) is 0.818. The van der Waals surface area contributed by atoms with Crippen LogP contribution in [0.15, 0.2) is 71.8 Å². The molecule has 2 heterocycles. The molecule has 218 valence electrons. The predicted molar refractivity (Wildman–Crippen MR) is 160 cm³/mol. The number of hydrogen-bond acceptors (Lipinski definition) is 8. The van der Waals surface area contributed by atoms with Crippen LogP contribution in [0.3, 0.4) is 0 Å². The Labute approximate surface area is 245 Å². The maximum Gasteiger partial charge on any atom is 0.307 e. The van der Waals surface area contributed by atoms with E-state index in [2.05, 4.69) is 6.07 Å². The van der Waals surface area contributed by atoms with Crippen molar-refractivity contribution >= 4 is 23.1 Å². The lowest BCUT2D eigenvalue weighted by Gasteiger charge is -2.34. The molecule has 0 aliphatic carbocycles. The van der Waals surface area contributed by atoms with Crippen molar-refractivity contribution in [1.29, 1.82) is 5.26 Å². The van der Waals surface area contributed by atoms with Gasteiger partial charge >= 0.3 is 5.97 Å². The molecule has 0 radical (unpaired) electrons. The van der Waals surface area contributed by atoms with Gasteiger partial charge in [-0.1, -0.05) is 19.1 Å². The molecule has 2 atom stereocenters. The number of hydrazone groups is 1. The summed E-state index contributed by atoms with van der Waals surface area (Å²) in [4.78, 5) is 14.3. The summed E-state index contributed by atoms with van der Waals surface area (Å²) in [6, 6.07) is 21.8. The highest BCUT2D eigenvalue weighted by molar-refractivity contribution is 6.05. The van der Waals surface area contributed by atoms with Crippen LogP contribution in [0.5, 0.6) is 11.5 Å². The number of benzene rings is 3. The largest absolute Gasteiger partial charge is 0.494 e. The van der Waals surface area contributed by atoms with Gasteiger partial charge in [0, 0.05) is 37.9 Å². The minimum absolute atomic E-state index is 0.0186. The molecule has 0 bridgehead atoms. The van der Waals surface area contributed by atoms with Gasteiger partial charge in [-0.25, -0.2) is 4.39 Å². The maximum absolute atomic E-state index is 14.5. The second kappa shape index (κ2) is 12.9. The fourth-order valence-electron chi connectivity index (χ4n) is 5.55.